The Labute approximate surface area is 116 Å². The van der Waals surface area contributed by atoms with Crippen LogP contribution in [0.25, 0.3) is 0 Å². The number of benzene rings is 1. The number of ether oxygens (including phenoxy) is 1. The maximum Gasteiger partial charge on any atom is 0.0751 e. The molecule has 1 aliphatic rings. The van der Waals surface area contributed by atoms with E-state index in [1.54, 1.807) is 0 Å². The Morgan fingerprint density at radius 3 is 2.47 bits per heavy atom. The van der Waals surface area contributed by atoms with E-state index in [9.17, 15) is 0 Å². The van der Waals surface area contributed by atoms with E-state index in [1.165, 1.54) is 22.5 Å². The second-order valence-electron chi connectivity index (χ2n) is 5.68. The van der Waals surface area contributed by atoms with Gasteiger partial charge in [-0.25, -0.2) is 0 Å². The van der Waals surface area contributed by atoms with Crippen molar-refractivity contribution in [1.29, 1.82) is 0 Å². The third-order valence-electron chi connectivity index (χ3n) is 4.41. The molecule has 0 bridgehead atoms. The highest BCUT2D eigenvalue weighted by molar-refractivity contribution is 5.66. The van der Waals surface area contributed by atoms with Crippen LogP contribution >= 0.6 is 0 Å². The van der Waals surface area contributed by atoms with Crippen molar-refractivity contribution in [2.75, 3.05) is 23.8 Å². The number of nitrogens with zero attached hydrogens (tertiary/aromatic N) is 1. The summed E-state index contributed by atoms with van der Waals surface area (Å²) in [5.41, 5.74) is 5.24. The molecule has 0 saturated carbocycles. The second kappa shape index (κ2) is 5.41. The second-order valence-corrected chi connectivity index (χ2v) is 5.68. The van der Waals surface area contributed by atoms with Crippen molar-refractivity contribution in [3.8, 4) is 0 Å². The van der Waals surface area contributed by atoms with Crippen LogP contribution in [0.4, 0.5) is 11.4 Å². The van der Waals surface area contributed by atoms with Gasteiger partial charge in [-0.2, -0.15) is 0 Å². The highest BCUT2D eigenvalue weighted by Gasteiger charge is 2.30. The number of nitrogens with one attached hydrogen (secondary N) is 1. The van der Waals surface area contributed by atoms with Gasteiger partial charge in [0, 0.05) is 25.0 Å². The van der Waals surface area contributed by atoms with Crippen LogP contribution in [0.15, 0.2) is 12.1 Å². The first-order chi connectivity index (χ1) is 8.95. The molecule has 0 spiro atoms. The first kappa shape index (κ1) is 14.2. The third-order valence-corrected chi connectivity index (χ3v) is 4.41. The summed E-state index contributed by atoms with van der Waals surface area (Å²) in [5.74, 6) is 0. The summed E-state index contributed by atoms with van der Waals surface area (Å²) in [7, 11) is 1.98. The molecule has 0 aromatic heterocycles. The average molecular weight is 262 g/mol. The summed E-state index contributed by atoms with van der Waals surface area (Å²) >= 11 is 0. The molecule has 19 heavy (non-hydrogen) atoms. The number of morpholine rings is 1. The van der Waals surface area contributed by atoms with Crippen molar-refractivity contribution in [3.05, 3.63) is 23.3 Å². The molecule has 3 heteroatoms. The summed E-state index contributed by atoms with van der Waals surface area (Å²) in [5, 5.41) is 3.25. The number of hydrogen-bond acceptors (Lipinski definition) is 3. The van der Waals surface area contributed by atoms with Gasteiger partial charge in [0.2, 0.25) is 0 Å². The lowest BCUT2D eigenvalue weighted by molar-refractivity contribution is -0.0258. The van der Waals surface area contributed by atoms with E-state index in [0.29, 0.717) is 6.04 Å². The van der Waals surface area contributed by atoms with Gasteiger partial charge in [0.1, 0.15) is 0 Å². The quantitative estimate of drug-likeness (QED) is 0.884. The van der Waals surface area contributed by atoms with Crippen LogP contribution in [-0.4, -0.2) is 31.8 Å². The molecule has 3 atom stereocenters. The Hall–Kier alpha value is -1.22. The Balaban J connectivity index is 2.38. The van der Waals surface area contributed by atoms with E-state index < -0.39 is 0 Å². The van der Waals surface area contributed by atoms with Gasteiger partial charge >= 0.3 is 0 Å². The van der Waals surface area contributed by atoms with Gasteiger partial charge in [0.05, 0.1) is 18.2 Å². The molecule has 2 rings (SSSR count). The van der Waals surface area contributed by atoms with Crippen LogP contribution in [0.1, 0.15) is 31.9 Å². The topological polar surface area (TPSA) is 24.5 Å². The molecule has 1 fully saturated rings. The van der Waals surface area contributed by atoms with Crippen LogP contribution in [0, 0.1) is 13.8 Å². The summed E-state index contributed by atoms with van der Waals surface area (Å²) in [6.45, 7) is 11.9. The third kappa shape index (κ3) is 2.57. The molecule has 1 N–H and O–H groups in total. The molecule has 3 nitrogen and oxygen atoms in total. The van der Waals surface area contributed by atoms with Gasteiger partial charge in [-0.3, -0.25) is 0 Å². The predicted octanol–water partition coefficient (Wildman–Crippen LogP) is 3.35. The first-order valence-electron chi connectivity index (χ1n) is 7.15. The standard InChI is InChI=1S/C16H26N2O/c1-10-9-18(13(4)14(5)19-10)16-8-7-15(17-6)11(2)12(16)3/h7-8,10,13-14,17H,9H2,1-6H3. The van der Waals surface area contributed by atoms with E-state index in [0.717, 1.165) is 6.54 Å². The van der Waals surface area contributed by atoms with Crippen molar-refractivity contribution >= 4 is 11.4 Å². The van der Waals surface area contributed by atoms with Crippen LogP contribution in [0.3, 0.4) is 0 Å². The molecule has 0 amide bonds. The highest BCUT2D eigenvalue weighted by Crippen LogP contribution is 2.32. The predicted molar refractivity (Wildman–Crippen MR) is 82.3 cm³/mol. The Morgan fingerprint density at radius 2 is 1.84 bits per heavy atom. The fourth-order valence-corrected chi connectivity index (χ4v) is 2.93. The Morgan fingerprint density at radius 1 is 1.16 bits per heavy atom. The lowest BCUT2D eigenvalue weighted by Crippen LogP contribution is -2.52. The molecular formula is C16H26N2O. The molecule has 1 aromatic rings. The Kier molecular flexibility index (Phi) is 4.04. The van der Waals surface area contributed by atoms with E-state index in [4.69, 9.17) is 4.74 Å². The van der Waals surface area contributed by atoms with Gasteiger partial charge in [0.15, 0.2) is 0 Å². The average Bonchev–Trinajstić information content (AvgIpc) is 2.37. The number of hydrogen-bond donors (Lipinski definition) is 1. The van der Waals surface area contributed by atoms with Crippen molar-refractivity contribution in [2.45, 2.75) is 52.9 Å². The van der Waals surface area contributed by atoms with Crippen molar-refractivity contribution in [1.82, 2.24) is 0 Å². The van der Waals surface area contributed by atoms with E-state index >= 15 is 0 Å². The van der Waals surface area contributed by atoms with Gasteiger partial charge in [-0.1, -0.05) is 0 Å². The normalized spacial score (nSPS) is 27.5. The fraction of sp³-hybridized carbons (Fsp3) is 0.625. The first-order valence-corrected chi connectivity index (χ1v) is 7.15. The van der Waals surface area contributed by atoms with Gasteiger partial charge in [-0.15, -0.1) is 0 Å². The largest absolute Gasteiger partial charge is 0.388 e. The SMILES string of the molecule is CNc1ccc(N2CC(C)OC(C)C2C)c(C)c1C. The molecule has 106 valence electrons. The van der Waals surface area contributed by atoms with E-state index in [2.05, 4.69) is 57.0 Å². The van der Waals surface area contributed by atoms with Crippen LogP contribution in [-0.2, 0) is 4.74 Å². The van der Waals surface area contributed by atoms with Crippen molar-refractivity contribution in [2.24, 2.45) is 0 Å². The number of rotatable bonds is 2. The van der Waals surface area contributed by atoms with Gasteiger partial charge in [0.25, 0.3) is 0 Å². The summed E-state index contributed by atoms with van der Waals surface area (Å²) in [6, 6.07) is 4.82. The summed E-state index contributed by atoms with van der Waals surface area (Å²) < 4.78 is 5.91. The number of anilines is 2. The molecule has 1 saturated heterocycles. The lowest BCUT2D eigenvalue weighted by Gasteiger charge is -2.43. The van der Waals surface area contributed by atoms with Crippen LogP contribution in [0.5, 0.6) is 0 Å². The van der Waals surface area contributed by atoms with E-state index in [1.807, 2.05) is 7.05 Å². The molecular weight excluding hydrogens is 236 g/mol. The van der Waals surface area contributed by atoms with Gasteiger partial charge in [-0.05, 0) is 57.9 Å². The maximum absolute atomic E-state index is 5.91. The van der Waals surface area contributed by atoms with Crippen LogP contribution < -0.4 is 10.2 Å². The zero-order chi connectivity index (χ0) is 14.2. The van der Waals surface area contributed by atoms with Crippen molar-refractivity contribution < 1.29 is 4.74 Å². The summed E-state index contributed by atoms with van der Waals surface area (Å²) in [4.78, 5) is 2.49. The molecule has 1 aromatic carbocycles. The summed E-state index contributed by atoms with van der Waals surface area (Å²) in [6.07, 6.45) is 0.558. The molecule has 0 radical (unpaired) electrons. The monoisotopic (exact) mass is 262 g/mol. The highest BCUT2D eigenvalue weighted by atomic mass is 16.5. The minimum absolute atomic E-state index is 0.271. The van der Waals surface area contributed by atoms with Gasteiger partial charge < -0.3 is 15.0 Å². The van der Waals surface area contributed by atoms with Crippen molar-refractivity contribution in [3.63, 3.8) is 0 Å². The van der Waals surface area contributed by atoms with Crippen LogP contribution in [0.2, 0.25) is 0 Å². The molecule has 0 aliphatic carbocycles. The lowest BCUT2D eigenvalue weighted by atomic mass is 10.0. The minimum atomic E-state index is 0.271. The zero-order valence-corrected chi connectivity index (χ0v) is 12.9. The fourth-order valence-electron chi connectivity index (χ4n) is 2.93. The maximum atomic E-state index is 5.91. The van der Waals surface area contributed by atoms with E-state index in [-0.39, 0.29) is 12.2 Å². The molecule has 1 heterocycles. The smallest absolute Gasteiger partial charge is 0.0751 e. The molecule has 3 unspecified atom stereocenters. The zero-order valence-electron chi connectivity index (χ0n) is 12.9. The molecule has 1 aliphatic heterocycles. The minimum Gasteiger partial charge on any atom is -0.388 e. The Bertz CT molecular complexity index is 458.